The molecule has 0 radical (unpaired) electrons. The second-order valence-corrected chi connectivity index (χ2v) is 5.95. The minimum atomic E-state index is -0.290. The van der Waals surface area contributed by atoms with E-state index in [1.807, 2.05) is 0 Å². The Labute approximate surface area is 113 Å². The van der Waals surface area contributed by atoms with Crippen molar-refractivity contribution in [2.24, 2.45) is 5.92 Å². The van der Waals surface area contributed by atoms with Crippen LogP contribution in [0.2, 0.25) is 0 Å². The van der Waals surface area contributed by atoms with E-state index < -0.39 is 0 Å². The molecule has 2 aliphatic heterocycles. The molecule has 0 spiro atoms. The van der Waals surface area contributed by atoms with Crippen LogP contribution >= 0.6 is 0 Å². The molecule has 0 bridgehead atoms. The number of fused-ring (bicyclic) bond motifs is 3. The van der Waals surface area contributed by atoms with Crippen molar-refractivity contribution in [2.45, 2.75) is 50.4 Å². The predicted molar refractivity (Wildman–Crippen MR) is 69.4 cm³/mol. The van der Waals surface area contributed by atoms with Crippen molar-refractivity contribution in [1.82, 2.24) is 0 Å². The molecule has 4 heteroatoms. The van der Waals surface area contributed by atoms with Gasteiger partial charge in [0, 0.05) is 11.5 Å². The van der Waals surface area contributed by atoms with Crippen molar-refractivity contribution >= 4 is 5.97 Å². The summed E-state index contributed by atoms with van der Waals surface area (Å²) in [7, 11) is 0. The largest absolute Gasteiger partial charge is 0.455 e. The number of carbonyl (C=O) groups excluding carboxylic acids is 1. The molecule has 3 rings (SSSR count). The van der Waals surface area contributed by atoms with Gasteiger partial charge < -0.3 is 14.6 Å². The Morgan fingerprint density at radius 1 is 1.58 bits per heavy atom. The van der Waals surface area contributed by atoms with Crippen molar-refractivity contribution in [1.29, 1.82) is 0 Å². The number of esters is 1. The molecule has 0 saturated carbocycles. The van der Waals surface area contributed by atoms with Crippen LogP contribution < -0.4 is 0 Å². The van der Waals surface area contributed by atoms with Crippen molar-refractivity contribution < 1.29 is 19.4 Å². The average molecular weight is 264 g/mol. The first-order valence-corrected chi connectivity index (χ1v) is 6.91. The first-order chi connectivity index (χ1) is 9.05. The molecular weight excluding hydrogens is 244 g/mol. The van der Waals surface area contributed by atoms with Gasteiger partial charge in [0.25, 0.3) is 0 Å². The summed E-state index contributed by atoms with van der Waals surface area (Å²) in [6.45, 7) is 6.01. The molecule has 0 unspecified atom stereocenters. The van der Waals surface area contributed by atoms with Gasteiger partial charge >= 0.3 is 5.97 Å². The first-order valence-electron chi connectivity index (χ1n) is 6.91. The molecule has 1 N–H and O–H groups in total. The standard InChI is InChI=1S/C15H20O4/c1-9-11-6-5-10(8-16)4-3-7-15(2)13(19-15)12(11)18-14(9)17/h4,11-13,16H,1,3,5-8H2,2H3/b10-4+/t11-,12-,13-,15-/m0/s1. The van der Waals surface area contributed by atoms with E-state index in [0.717, 1.165) is 31.3 Å². The number of aliphatic hydroxyl groups excluding tert-OH is 1. The van der Waals surface area contributed by atoms with Crippen molar-refractivity contribution in [3.05, 3.63) is 23.8 Å². The summed E-state index contributed by atoms with van der Waals surface area (Å²) < 4.78 is 11.3. The van der Waals surface area contributed by atoms with E-state index in [4.69, 9.17) is 9.47 Å². The molecule has 0 amide bonds. The molecule has 4 nitrogen and oxygen atoms in total. The van der Waals surface area contributed by atoms with Crippen molar-refractivity contribution in [2.75, 3.05) is 6.61 Å². The van der Waals surface area contributed by atoms with Crippen LogP contribution in [-0.2, 0) is 14.3 Å². The van der Waals surface area contributed by atoms with E-state index in [9.17, 15) is 9.90 Å². The van der Waals surface area contributed by atoms with Gasteiger partial charge in [-0.2, -0.15) is 0 Å². The topological polar surface area (TPSA) is 59.1 Å². The summed E-state index contributed by atoms with van der Waals surface area (Å²) in [5, 5.41) is 9.35. The summed E-state index contributed by atoms with van der Waals surface area (Å²) in [5.74, 6) is -0.269. The molecule has 3 aliphatic rings. The number of rotatable bonds is 1. The van der Waals surface area contributed by atoms with E-state index >= 15 is 0 Å². The maximum Gasteiger partial charge on any atom is 0.334 e. The van der Waals surface area contributed by atoms with E-state index in [1.54, 1.807) is 0 Å². The Balaban J connectivity index is 1.86. The van der Waals surface area contributed by atoms with Gasteiger partial charge in [0.15, 0.2) is 0 Å². The molecule has 2 fully saturated rings. The number of ether oxygens (including phenoxy) is 2. The van der Waals surface area contributed by atoms with Crippen molar-refractivity contribution in [3.8, 4) is 0 Å². The highest BCUT2D eigenvalue weighted by atomic mass is 16.6. The molecule has 2 saturated heterocycles. The Morgan fingerprint density at radius 2 is 2.37 bits per heavy atom. The maximum absolute atomic E-state index is 11.7. The monoisotopic (exact) mass is 264 g/mol. The zero-order valence-corrected chi connectivity index (χ0v) is 11.2. The molecule has 104 valence electrons. The van der Waals surface area contributed by atoms with Crippen LogP contribution in [-0.4, -0.2) is 35.5 Å². The molecule has 19 heavy (non-hydrogen) atoms. The van der Waals surface area contributed by atoms with Crippen molar-refractivity contribution in [3.63, 3.8) is 0 Å². The van der Waals surface area contributed by atoms with Crippen LogP contribution in [0, 0.1) is 5.92 Å². The lowest BCUT2D eigenvalue weighted by Gasteiger charge is -2.19. The summed E-state index contributed by atoms with van der Waals surface area (Å²) in [4.78, 5) is 11.7. The van der Waals surface area contributed by atoms with Gasteiger partial charge in [-0.15, -0.1) is 0 Å². The van der Waals surface area contributed by atoms with E-state index in [0.29, 0.717) is 5.57 Å². The van der Waals surface area contributed by atoms with Crippen LogP contribution in [0.3, 0.4) is 0 Å². The minimum absolute atomic E-state index is 0.00442. The fourth-order valence-electron chi connectivity index (χ4n) is 3.26. The van der Waals surface area contributed by atoms with Crippen LogP contribution in [0.25, 0.3) is 0 Å². The van der Waals surface area contributed by atoms with E-state index in [2.05, 4.69) is 19.6 Å². The van der Waals surface area contributed by atoms with Gasteiger partial charge in [-0.3, -0.25) is 0 Å². The third-order valence-corrected chi connectivity index (χ3v) is 4.64. The summed E-state index contributed by atoms with van der Waals surface area (Å²) in [6, 6.07) is 0. The highest BCUT2D eigenvalue weighted by molar-refractivity contribution is 5.91. The minimum Gasteiger partial charge on any atom is -0.455 e. The average Bonchev–Trinajstić information content (AvgIpc) is 2.97. The van der Waals surface area contributed by atoms with Gasteiger partial charge in [0.1, 0.15) is 12.2 Å². The lowest BCUT2D eigenvalue weighted by Crippen LogP contribution is -2.29. The molecule has 4 atom stereocenters. The zero-order chi connectivity index (χ0) is 13.6. The van der Waals surface area contributed by atoms with E-state index in [-0.39, 0.29) is 36.3 Å². The number of aliphatic hydroxyl groups is 1. The number of epoxide rings is 1. The Morgan fingerprint density at radius 3 is 3.11 bits per heavy atom. The molecule has 0 aromatic carbocycles. The third-order valence-electron chi connectivity index (χ3n) is 4.64. The number of hydrogen-bond donors (Lipinski definition) is 1. The highest BCUT2D eigenvalue weighted by Gasteiger charge is 2.61. The quantitative estimate of drug-likeness (QED) is 0.339. The summed E-state index contributed by atoms with van der Waals surface area (Å²) in [5.41, 5.74) is 1.40. The molecular formula is C15H20O4. The summed E-state index contributed by atoms with van der Waals surface area (Å²) in [6.07, 6.45) is 5.29. The Kier molecular flexibility index (Phi) is 3.02. The fraction of sp³-hybridized carbons (Fsp3) is 0.667. The first kappa shape index (κ1) is 12.9. The van der Waals surface area contributed by atoms with Gasteiger partial charge in [-0.1, -0.05) is 12.7 Å². The number of carbonyl (C=O) groups is 1. The fourth-order valence-corrected chi connectivity index (χ4v) is 3.26. The van der Waals surface area contributed by atoms with Crippen LogP contribution in [0.15, 0.2) is 23.8 Å². The highest BCUT2D eigenvalue weighted by Crippen LogP contribution is 2.49. The van der Waals surface area contributed by atoms with Gasteiger partial charge in [0.2, 0.25) is 0 Å². The molecule has 0 aromatic heterocycles. The third kappa shape index (κ3) is 2.13. The van der Waals surface area contributed by atoms with Crippen LogP contribution in [0.4, 0.5) is 0 Å². The SMILES string of the molecule is C=C1C(=O)O[C@H]2[C@H]1CC/C(CO)=C\CC[C@]1(C)O[C@@H]21. The van der Waals surface area contributed by atoms with Crippen LogP contribution in [0.5, 0.6) is 0 Å². The second-order valence-electron chi connectivity index (χ2n) is 5.95. The smallest absolute Gasteiger partial charge is 0.334 e. The molecule has 2 heterocycles. The van der Waals surface area contributed by atoms with Gasteiger partial charge in [-0.05, 0) is 38.2 Å². The molecule has 1 aliphatic carbocycles. The predicted octanol–water partition coefficient (Wildman–Crippen LogP) is 1.73. The Hall–Kier alpha value is -1.13. The van der Waals surface area contributed by atoms with Gasteiger partial charge in [0.05, 0.1) is 12.2 Å². The second kappa shape index (κ2) is 4.46. The van der Waals surface area contributed by atoms with E-state index in [1.165, 1.54) is 0 Å². The number of hydrogen-bond acceptors (Lipinski definition) is 4. The van der Waals surface area contributed by atoms with Gasteiger partial charge in [-0.25, -0.2) is 4.79 Å². The van der Waals surface area contributed by atoms with Crippen LogP contribution in [0.1, 0.15) is 32.6 Å². The lowest BCUT2D eigenvalue weighted by atomic mass is 9.84. The maximum atomic E-state index is 11.7. The lowest BCUT2D eigenvalue weighted by molar-refractivity contribution is -0.140. The molecule has 0 aromatic rings. The normalized spacial score (nSPS) is 44.7. The summed E-state index contributed by atoms with van der Waals surface area (Å²) >= 11 is 0. The zero-order valence-electron chi connectivity index (χ0n) is 11.2. The Bertz CT molecular complexity index is 453. The number of allylic oxidation sites excluding steroid dienone is 1.